The first-order valence-electron chi connectivity index (χ1n) is 8.42. The van der Waals surface area contributed by atoms with Gasteiger partial charge < -0.3 is 14.2 Å². The molecule has 9 heteroatoms. The van der Waals surface area contributed by atoms with Crippen molar-refractivity contribution >= 4 is 27.8 Å². The minimum Gasteiger partial charge on any atom is -0.468 e. The van der Waals surface area contributed by atoms with Crippen molar-refractivity contribution in [3.05, 3.63) is 46.0 Å². The topological polar surface area (TPSA) is 80.6 Å². The summed E-state index contributed by atoms with van der Waals surface area (Å²) in [4.78, 5) is 27.9. The van der Waals surface area contributed by atoms with Gasteiger partial charge in [0, 0.05) is 18.1 Å². The summed E-state index contributed by atoms with van der Waals surface area (Å²) >= 11 is 3.42. The van der Waals surface area contributed by atoms with E-state index in [9.17, 15) is 9.59 Å². The molecular weight excluding hydrogens is 414 g/mol. The average Bonchev–Trinajstić information content (AvgIpc) is 2.93. The minimum absolute atomic E-state index is 0.0985. The monoisotopic (exact) mass is 437 g/mol. The van der Waals surface area contributed by atoms with E-state index in [0.717, 1.165) is 21.7 Å². The van der Waals surface area contributed by atoms with Gasteiger partial charge >= 0.3 is 5.97 Å². The summed E-state index contributed by atoms with van der Waals surface area (Å²) in [5.41, 5.74) is 0.924. The predicted molar refractivity (Wildman–Crippen MR) is 104 cm³/mol. The molecule has 0 saturated heterocycles. The smallest absolute Gasteiger partial charge is 0.325 e. The van der Waals surface area contributed by atoms with Crippen LogP contribution in [-0.4, -0.2) is 63.7 Å². The number of aryl methyl sites for hydroxylation is 1. The number of nitrogens with zero attached hydrogens (tertiary/aromatic N) is 5. The van der Waals surface area contributed by atoms with Crippen LogP contribution in [0, 0.1) is 6.92 Å². The highest BCUT2D eigenvalue weighted by Crippen LogP contribution is 2.14. The lowest BCUT2D eigenvalue weighted by Gasteiger charge is -2.24. The fourth-order valence-electron chi connectivity index (χ4n) is 2.53. The lowest BCUT2D eigenvalue weighted by molar-refractivity contribution is -0.147. The van der Waals surface area contributed by atoms with Crippen molar-refractivity contribution in [1.29, 1.82) is 0 Å². The predicted octanol–water partition coefficient (Wildman–Crippen LogP) is 1.52. The summed E-state index contributed by atoms with van der Waals surface area (Å²) in [6.45, 7) is 2.73. The Morgan fingerprint density at radius 2 is 1.96 bits per heavy atom. The number of halogens is 1. The van der Waals surface area contributed by atoms with Crippen molar-refractivity contribution in [1.82, 2.24) is 24.6 Å². The van der Waals surface area contributed by atoms with Crippen molar-refractivity contribution in [2.24, 2.45) is 7.05 Å². The van der Waals surface area contributed by atoms with Crippen LogP contribution in [0.25, 0.3) is 0 Å². The standard InChI is InChI=1S/C18H24BrN5O3/c1-13-20-21-16(23(13)3)10-22(2)11-17(25)24(12-18(26)27-4)9-14-6-5-7-15(19)8-14/h5-8H,9-12H2,1-4H3. The molecule has 1 aromatic carbocycles. The summed E-state index contributed by atoms with van der Waals surface area (Å²) < 4.78 is 7.53. The van der Waals surface area contributed by atoms with Gasteiger partial charge in [-0.05, 0) is 31.7 Å². The normalized spacial score (nSPS) is 10.9. The second-order valence-corrected chi connectivity index (χ2v) is 7.27. The maximum atomic E-state index is 12.8. The fraction of sp³-hybridized carbons (Fsp3) is 0.444. The Bertz CT molecular complexity index is 808. The second kappa shape index (κ2) is 9.61. The third-order valence-corrected chi connectivity index (χ3v) is 4.66. The molecule has 27 heavy (non-hydrogen) atoms. The Morgan fingerprint density at radius 3 is 2.56 bits per heavy atom. The van der Waals surface area contributed by atoms with E-state index in [1.807, 2.05) is 54.8 Å². The highest BCUT2D eigenvalue weighted by atomic mass is 79.9. The summed E-state index contributed by atoms with van der Waals surface area (Å²) in [5.74, 6) is 0.965. The quantitative estimate of drug-likeness (QED) is 0.582. The molecule has 0 unspecified atom stereocenters. The number of carbonyl (C=O) groups excluding carboxylic acids is 2. The molecule has 0 radical (unpaired) electrons. The Balaban J connectivity index is 2.05. The molecule has 0 bridgehead atoms. The molecule has 0 aliphatic rings. The molecule has 0 aliphatic heterocycles. The number of aromatic nitrogens is 3. The lowest BCUT2D eigenvalue weighted by atomic mass is 10.2. The molecule has 8 nitrogen and oxygen atoms in total. The third-order valence-electron chi connectivity index (χ3n) is 4.16. The highest BCUT2D eigenvalue weighted by Gasteiger charge is 2.20. The molecule has 0 aliphatic carbocycles. The van der Waals surface area contributed by atoms with E-state index >= 15 is 0 Å². The maximum Gasteiger partial charge on any atom is 0.325 e. The number of rotatable bonds is 8. The number of ether oxygens (including phenoxy) is 1. The largest absolute Gasteiger partial charge is 0.468 e. The summed E-state index contributed by atoms with van der Waals surface area (Å²) in [6.07, 6.45) is 0. The van der Waals surface area contributed by atoms with Crippen LogP contribution in [0.5, 0.6) is 0 Å². The van der Waals surface area contributed by atoms with Gasteiger partial charge in [-0.1, -0.05) is 28.1 Å². The van der Waals surface area contributed by atoms with Gasteiger partial charge in [0.2, 0.25) is 5.91 Å². The zero-order valence-corrected chi connectivity index (χ0v) is 17.6. The molecule has 146 valence electrons. The van der Waals surface area contributed by atoms with E-state index in [4.69, 9.17) is 4.74 Å². The van der Waals surface area contributed by atoms with Gasteiger partial charge in [0.1, 0.15) is 18.2 Å². The summed E-state index contributed by atoms with van der Waals surface area (Å²) in [6, 6.07) is 7.63. The molecule has 1 aromatic heterocycles. The number of carbonyl (C=O) groups is 2. The molecule has 0 atom stereocenters. The fourth-order valence-corrected chi connectivity index (χ4v) is 2.97. The molecule has 1 amide bonds. The number of esters is 1. The molecule has 0 spiro atoms. The molecule has 0 fully saturated rings. The number of benzene rings is 1. The molecule has 0 saturated carbocycles. The zero-order valence-electron chi connectivity index (χ0n) is 16.0. The van der Waals surface area contributed by atoms with E-state index < -0.39 is 5.97 Å². The van der Waals surface area contributed by atoms with Gasteiger partial charge in [0.05, 0.1) is 20.2 Å². The van der Waals surface area contributed by atoms with Crippen LogP contribution in [0.4, 0.5) is 0 Å². The van der Waals surface area contributed by atoms with Crippen LogP contribution >= 0.6 is 15.9 Å². The molecule has 0 N–H and O–H groups in total. The molecule has 1 heterocycles. The Morgan fingerprint density at radius 1 is 1.22 bits per heavy atom. The average molecular weight is 438 g/mol. The second-order valence-electron chi connectivity index (χ2n) is 6.35. The number of likely N-dealkylation sites (N-methyl/N-ethyl adjacent to an activating group) is 1. The van der Waals surface area contributed by atoms with E-state index in [1.54, 1.807) is 0 Å². The van der Waals surface area contributed by atoms with Gasteiger partial charge in [0.25, 0.3) is 0 Å². The number of methoxy groups -OCH3 is 1. The van der Waals surface area contributed by atoms with E-state index in [1.165, 1.54) is 12.0 Å². The number of amides is 1. The molecule has 2 rings (SSSR count). The van der Waals surface area contributed by atoms with Crippen LogP contribution in [0.3, 0.4) is 0 Å². The van der Waals surface area contributed by atoms with Gasteiger partial charge in [0.15, 0.2) is 0 Å². The van der Waals surface area contributed by atoms with Crippen LogP contribution in [0.2, 0.25) is 0 Å². The van der Waals surface area contributed by atoms with Crippen molar-refractivity contribution in [2.75, 3.05) is 27.2 Å². The van der Waals surface area contributed by atoms with Crippen molar-refractivity contribution < 1.29 is 14.3 Å². The van der Waals surface area contributed by atoms with E-state index in [2.05, 4.69) is 26.1 Å². The zero-order chi connectivity index (χ0) is 20.0. The maximum absolute atomic E-state index is 12.8. The van der Waals surface area contributed by atoms with Gasteiger partial charge in [-0.15, -0.1) is 10.2 Å². The molecular formula is C18H24BrN5O3. The first-order valence-corrected chi connectivity index (χ1v) is 9.22. The number of hydrogen-bond donors (Lipinski definition) is 0. The highest BCUT2D eigenvalue weighted by molar-refractivity contribution is 9.10. The van der Waals surface area contributed by atoms with Crippen molar-refractivity contribution in [3.8, 4) is 0 Å². The SMILES string of the molecule is COC(=O)CN(Cc1cccc(Br)c1)C(=O)CN(C)Cc1nnc(C)n1C. The van der Waals surface area contributed by atoms with Crippen LogP contribution in [0.15, 0.2) is 28.7 Å². The van der Waals surface area contributed by atoms with E-state index in [0.29, 0.717) is 13.1 Å². The van der Waals surface area contributed by atoms with Crippen LogP contribution in [-0.2, 0) is 34.5 Å². The van der Waals surface area contributed by atoms with Crippen molar-refractivity contribution in [2.45, 2.75) is 20.0 Å². The summed E-state index contributed by atoms with van der Waals surface area (Å²) in [7, 11) is 5.03. The first kappa shape index (κ1) is 21.0. The van der Waals surface area contributed by atoms with Crippen LogP contribution in [0.1, 0.15) is 17.2 Å². The molecule has 2 aromatic rings. The minimum atomic E-state index is -0.454. The summed E-state index contributed by atoms with van der Waals surface area (Å²) in [5, 5.41) is 8.14. The third kappa shape index (κ3) is 6.14. The number of hydrogen-bond acceptors (Lipinski definition) is 6. The van der Waals surface area contributed by atoms with E-state index in [-0.39, 0.29) is 19.0 Å². The lowest BCUT2D eigenvalue weighted by Crippen LogP contribution is -2.41. The Kier molecular flexibility index (Phi) is 7.49. The Hall–Kier alpha value is -2.26. The van der Waals surface area contributed by atoms with Crippen molar-refractivity contribution in [3.63, 3.8) is 0 Å². The van der Waals surface area contributed by atoms with Gasteiger partial charge in [-0.25, -0.2) is 0 Å². The Labute approximate surface area is 167 Å². The van der Waals surface area contributed by atoms with Gasteiger partial charge in [-0.2, -0.15) is 0 Å². The van der Waals surface area contributed by atoms with Gasteiger partial charge in [-0.3, -0.25) is 14.5 Å². The van der Waals surface area contributed by atoms with Crippen LogP contribution < -0.4 is 0 Å². The first-order chi connectivity index (χ1) is 12.8.